The van der Waals surface area contributed by atoms with Crippen LogP contribution in [0.1, 0.15) is 13.8 Å². The van der Waals surface area contributed by atoms with Crippen molar-refractivity contribution in [2.75, 3.05) is 26.9 Å². The largest absolute Gasteiger partial charge is 0.491 e. The van der Waals surface area contributed by atoms with E-state index in [1.165, 1.54) is 0 Å². The third-order valence-corrected chi connectivity index (χ3v) is 3.24. The molecule has 0 aliphatic heterocycles. The average molecular weight is 302 g/mol. The third-order valence-electron chi connectivity index (χ3n) is 3.01. The molecule has 0 bridgehead atoms. The highest BCUT2D eigenvalue weighted by Crippen LogP contribution is 2.17. The summed E-state index contributed by atoms with van der Waals surface area (Å²) < 4.78 is 10.6. The van der Waals surface area contributed by atoms with Gasteiger partial charge in [-0.25, -0.2) is 0 Å². The second-order valence-corrected chi connectivity index (χ2v) is 5.57. The minimum atomic E-state index is -0.577. The molecule has 0 saturated heterocycles. The number of hydrogen-bond donors (Lipinski definition) is 2. The van der Waals surface area contributed by atoms with E-state index in [0.717, 1.165) is 0 Å². The molecule has 0 spiro atoms. The molecule has 0 radical (unpaired) electrons. The summed E-state index contributed by atoms with van der Waals surface area (Å²) >= 11 is 5.86. The fourth-order valence-corrected chi connectivity index (χ4v) is 1.94. The number of nitrogens with one attached hydrogen (secondary N) is 1. The molecule has 1 rings (SSSR count). The summed E-state index contributed by atoms with van der Waals surface area (Å²) in [6.45, 7) is 5.55. The maximum Gasteiger partial charge on any atom is 0.120 e. The first-order valence-electron chi connectivity index (χ1n) is 6.81. The molecule has 1 aromatic rings. The van der Waals surface area contributed by atoms with Crippen LogP contribution in [0.5, 0.6) is 5.75 Å². The van der Waals surface area contributed by atoms with Crippen LogP contribution >= 0.6 is 11.6 Å². The molecule has 0 aliphatic carbocycles. The Kier molecular flexibility index (Phi) is 7.92. The molecule has 1 aromatic carbocycles. The first-order valence-corrected chi connectivity index (χ1v) is 7.19. The van der Waals surface area contributed by atoms with E-state index in [0.29, 0.717) is 29.8 Å². The molecule has 0 fully saturated rings. The van der Waals surface area contributed by atoms with Gasteiger partial charge in [-0.15, -0.1) is 0 Å². The van der Waals surface area contributed by atoms with E-state index < -0.39 is 6.10 Å². The molecule has 0 aliphatic rings. The van der Waals surface area contributed by atoms with Crippen molar-refractivity contribution in [1.29, 1.82) is 0 Å². The van der Waals surface area contributed by atoms with Crippen molar-refractivity contribution in [3.05, 3.63) is 29.3 Å². The summed E-state index contributed by atoms with van der Waals surface area (Å²) in [7, 11) is 1.68. The van der Waals surface area contributed by atoms with Crippen LogP contribution < -0.4 is 10.1 Å². The van der Waals surface area contributed by atoms with Crippen molar-refractivity contribution in [3.8, 4) is 5.75 Å². The molecule has 0 saturated carbocycles. The molecule has 20 heavy (non-hydrogen) atoms. The van der Waals surface area contributed by atoms with Crippen molar-refractivity contribution in [3.63, 3.8) is 0 Å². The number of ether oxygens (including phenoxy) is 2. The zero-order valence-corrected chi connectivity index (χ0v) is 13.1. The quantitative estimate of drug-likeness (QED) is 0.735. The van der Waals surface area contributed by atoms with Gasteiger partial charge in [0, 0.05) is 24.7 Å². The predicted octanol–water partition coefficient (Wildman–Crippen LogP) is 2.34. The van der Waals surface area contributed by atoms with Crippen LogP contribution in [0.2, 0.25) is 5.02 Å². The average Bonchev–Trinajstić information content (AvgIpc) is 2.41. The SMILES string of the molecule is COCC(NCC(O)COc1cccc(Cl)c1)C(C)C. The van der Waals surface area contributed by atoms with Crippen molar-refractivity contribution in [2.24, 2.45) is 5.92 Å². The number of rotatable bonds is 9. The first kappa shape index (κ1) is 17.2. The zero-order valence-electron chi connectivity index (χ0n) is 12.3. The Hall–Kier alpha value is -0.810. The minimum absolute atomic E-state index is 0.223. The number of aliphatic hydroxyl groups is 1. The van der Waals surface area contributed by atoms with Gasteiger partial charge in [-0.3, -0.25) is 0 Å². The van der Waals surface area contributed by atoms with Gasteiger partial charge in [-0.2, -0.15) is 0 Å². The Morgan fingerprint density at radius 1 is 1.30 bits per heavy atom. The Morgan fingerprint density at radius 2 is 2.05 bits per heavy atom. The fraction of sp³-hybridized carbons (Fsp3) is 0.600. The maximum atomic E-state index is 9.92. The van der Waals surface area contributed by atoms with Gasteiger partial charge in [0.2, 0.25) is 0 Å². The van der Waals surface area contributed by atoms with Crippen molar-refractivity contribution >= 4 is 11.6 Å². The van der Waals surface area contributed by atoms with Crippen LogP contribution in [0.25, 0.3) is 0 Å². The normalized spacial score (nSPS) is 14.3. The summed E-state index contributed by atoms with van der Waals surface area (Å²) in [5, 5.41) is 13.8. The van der Waals surface area contributed by atoms with Gasteiger partial charge >= 0.3 is 0 Å². The van der Waals surface area contributed by atoms with Crippen molar-refractivity contribution in [2.45, 2.75) is 26.0 Å². The van der Waals surface area contributed by atoms with Crippen LogP contribution in [0, 0.1) is 5.92 Å². The number of halogens is 1. The van der Waals surface area contributed by atoms with Crippen molar-refractivity contribution in [1.82, 2.24) is 5.32 Å². The topological polar surface area (TPSA) is 50.7 Å². The second-order valence-electron chi connectivity index (χ2n) is 5.14. The van der Waals surface area contributed by atoms with Gasteiger partial charge in [0.15, 0.2) is 0 Å². The third kappa shape index (κ3) is 6.57. The molecular formula is C15H24ClNO3. The van der Waals surface area contributed by atoms with Gasteiger partial charge in [-0.1, -0.05) is 31.5 Å². The monoisotopic (exact) mass is 301 g/mol. The molecule has 0 amide bonds. The molecule has 2 atom stereocenters. The number of aliphatic hydroxyl groups excluding tert-OH is 1. The molecular weight excluding hydrogens is 278 g/mol. The fourth-order valence-electron chi connectivity index (χ4n) is 1.76. The van der Waals surface area contributed by atoms with E-state index >= 15 is 0 Å². The van der Waals surface area contributed by atoms with Crippen molar-refractivity contribution < 1.29 is 14.6 Å². The smallest absolute Gasteiger partial charge is 0.120 e. The van der Waals surface area contributed by atoms with E-state index in [2.05, 4.69) is 19.2 Å². The predicted molar refractivity (Wildman–Crippen MR) is 81.5 cm³/mol. The maximum absolute atomic E-state index is 9.92. The highest BCUT2D eigenvalue weighted by atomic mass is 35.5. The van der Waals surface area contributed by atoms with Crippen LogP contribution in [0.3, 0.4) is 0 Å². The van der Waals surface area contributed by atoms with E-state index in [-0.39, 0.29) is 12.6 Å². The molecule has 5 heteroatoms. The van der Waals surface area contributed by atoms with E-state index in [9.17, 15) is 5.11 Å². The van der Waals surface area contributed by atoms with E-state index in [1.54, 1.807) is 19.2 Å². The minimum Gasteiger partial charge on any atom is -0.491 e. The van der Waals surface area contributed by atoms with Crippen LogP contribution in [-0.2, 0) is 4.74 Å². The Labute approximate surface area is 126 Å². The zero-order chi connectivity index (χ0) is 15.0. The lowest BCUT2D eigenvalue weighted by atomic mass is 10.1. The Morgan fingerprint density at radius 3 is 2.65 bits per heavy atom. The van der Waals surface area contributed by atoms with Gasteiger partial charge in [0.05, 0.1) is 6.61 Å². The highest BCUT2D eigenvalue weighted by Gasteiger charge is 2.14. The molecule has 0 heterocycles. The van der Waals surface area contributed by atoms with Crippen LogP contribution in [0.4, 0.5) is 0 Å². The molecule has 2 unspecified atom stereocenters. The second kappa shape index (κ2) is 9.19. The van der Waals surface area contributed by atoms with Crippen LogP contribution in [0.15, 0.2) is 24.3 Å². The van der Waals surface area contributed by atoms with Gasteiger partial charge in [0.1, 0.15) is 18.5 Å². The molecule has 114 valence electrons. The van der Waals surface area contributed by atoms with Gasteiger partial charge in [-0.05, 0) is 24.1 Å². The number of hydrogen-bond acceptors (Lipinski definition) is 4. The van der Waals surface area contributed by atoms with E-state index in [4.69, 9.17) is 21.1 Å². The molecule has 2 N–H and O–H groups in total. The summed E-state index contributed by atoms with van der Waals surface area (Å²) in [6, 6.07) is 7.36. The van der Waals surface area contributed by atoms with E-state index in [1.807, 2.05) is 12.1 Å². The summed E-state index contributed by atoms with van der Waals surface area (Å²) in [5.41, 5.74) is 0. The molecule has 4 nitrogen and oxygen atoms in total. The Balaban J connectivity index is 2.30. The van der Waals surface area contributed by atoms with Gasteiger partial charge < -0.3 is 19.9 Å². The summed E-state index contributed by atoms with van der Waals surface area (Å²) in [6.07, 6.45) is -0.577. The Bertz CT molecular complexity index is 387. The number of benzene rings is 1. The molecule has 0 aromatic heterocycles. The van der Waals surface area contributed by atoms with Gasteiger partial charge in [0.25, 0.3) is 0 Å². The highest BCUT2D eigenvalue weighted by molar-refractivity contribution is 6.30. The standard InChI is InChI=1S/C15H24ClNO3/c1-11(2)15(10-19-3)17-8-13(18)9-20-14-6-4-5-12(16)7-14/h4-7,11,13,15,17-18H,8-10H2,1-3H3. The van der Waals surface area contributed by atoms with Crippen LogP contribution in [-0.4, -0.2) is 44.1 Å². The lowest BCUT2D eigenvalue weighted by Crippen LogP contribution is -2.43. The number of methoxy groups -OCH3 is 1. The first-order chi connectivity index (χ1) is 9.52. The lowest BCUT2D eigenvalue weighted by molar-refractivity contribution is 0.0901. The lowest BCUT2D eigenvalue weighted by Gasteiger charge is -2.23. The summed E-state index contributed by atoms with van der Waals surface area (Å²) in [4.78, 5) is 0. The summed E-state index contributed by atoms with van der Waals surface area (Å²) in [5.74, 6) is 1.10.